The number of phenols is 1. The Bertz CT molecular complexity index is 601. The fraction of sp³-hybridized carbons (Fsp3) is 0.222. The van der Waals surface area contributed by atoms with Gasteiger partial charge in [0.25, 0.3) is 0 Å². The molecule has 0 heterocycles. The SMILES string of the molecule is C=CCc1c(Cc2ccccc2)cc(O)c(OC)c1C. The van der Waals surface area contributed by atoms with Crippen LogP contribution in [0.3, 0.4) is 0 Å². The minimum atomic E-state index is 0.198. The van der Waals surface area contributed by atoms with Gasteiger partial charge in [-0.1, -0.05) is 36.4 Å². The molecule has 0 atom stereocenters. The van der Waals surface area contributed by atoms with Crippen LogP contribution in [0.2, 0.25) is 0 Å². The van der Waals surface area contributed by atoms with Crippen LogP contribution in [0.1, 0.15) is 22.3 Å². The Kier molecular flexibility index (Phi) is 4.46. The Morgan fingerprint density at radius 3 is 2.55 bits per heavy atom. The van der Waals surface area contributed by atoms with Gasteiger partial charge >= 0.3 is 0 Å². The lowest BCUT2D eigenvalue weighted by Gasteiger charge is -2.16. The molecule has 2 heteroatoms. The van der Waals surface area contributed by atoms with Crippen molar-refractivity contribution in [3.63, 3.8) is 0 Å². The summed E-state index contributed by atoms with van der Waals surface area (Å²) in [6, 6.07) is 12.0. The summed E-state index contributed by atoms with van der Waals surface area (Å²) < 4.78 is 5.28. The highest BCUT2D eigenvalue weighted by molar-refractivity contribution is 5.54. The monoisotopic (exact) mass is 268 g/mol. The Morgan fingerprint density at radius 2 is 1.95 bits per heavy atom. The summed E-state index contributed by atoms with van der Waals surface area (Å²) in [5.74, 6) is 0.752. The topological polar surface area (TPSA) is 29.5 Å². The number of rotatable bonds is 5. The molecule has 0 saturated carbocycles. The van der Waals surface area contributed by atoms with Crippen molar-refractivity contribution in [1.82, 2.24) is 0 Å². The van der Waals surface area contributed by atoms with Crippen molar-refractivity contribution in [2.75, 3.05) is 7.11 Å². The van der Waals surface area contributed by atoms with Crippen molar-refractivity contribution in [1.29, 1.82) is 0 Å². The van der Waals surface area contributed by atoms with Crippen LogP contribution in [-0.4, -0.2) is 12.2 Å². The number of ether oxygens (including phenoxy) is 1. The van der Waals surface area contributed by atoms with Gasteiger partial charge in [0, 0.05) is 0 Å². The summed E-state index contributed by atoms with van der Waals surface area (Å²) in [5, 5.41) is 10.1. The molecule has 2 nitrogen and oxygen atoms in total. The number of methoxy groups -OCH3 is 1. The Balaban J connectivity index is 2.48. The van der Waals surface area contributed by atoms with E-state index in [-0.39, 0.29) is 5.75 Å². The molecule has 1 N–H and O–H groups in total. The van der Waals surface area contributed by atoms with E-state index >= 15 is 0 Å². The summed E-state index contributed by atoms with van der Waals surface area (Å²) in [7, 11) is 1.58. The van der Waals surface area contributed by atoms with Gasteiger partial charge in [0.15, 0.2) is 11.5 Å². The van der Waals surface area contributed by atoms with E-state index in [0.717, 1.165) is 24.0 Å². The number of allylic oxidation sites excluding steroid dienone is 1. The van der Waals surface area contributed by atoms with Gasteiger partial charge in [0.05, 0.1) is 7.11 Å². The molecule has 0 bridgehead atoms. The van der Waals surface area contributed by atoms with Gasteiger partial charge in [-0.3, -0.25) is 0 Å². The molecule has 20 heavy (non-hydrogen) atoms. The third-order valence-electron chi connectivity index (χ3n) is 3.51. The van der Waals surface area contributed by atoms with Gasteiger partial charge in [-0.25, -0.2) is 0 Å². The molecule has 2 aromatic rings. The first-order valence-electron chi connectivity index (χ1n) is 6.70. The van der Waals surface area contributed by atoms with Crippen molar-refractivity contribution in [2.45, 2.75) is 19.8 Å². The van der Waals surface area contributed by atoms with Crippen LogP contribution in [0, 0.1) is 6.92 Å². The van der Waals surface area contributed by atoms with Gasteiger partial charge in [0.2, 0.25) is 0 Å². The number of aromatic hydroxyl groups is 1. The first-order chi connectivity index (χ1) is 9.67. The maximum Gasteiger partial charge on any atom is 0.163 e. The lowest BCUT2D eigenvalue weighted by Crippen LogP contribution is -2.01. The molecular weight excluding hydrogens is 248 g/mol. The molecule has 0 radical (unpaired) electrons. The molecule has 0 aliphatic carbocycles. The zero-order valence-electron chi connectivity index (χ0n) is 12.0. The summed E-state index contributed by atoms with van der Waals surface area (Å²) in [6.45, 7) is 5.80. The Hall–Kier alpha value is -2.22. The molecule has 104 valence electrons. The predicted octanol–water partition coefficient (Wildman–Crippen LogP) is 4.03. The number of hydrogen-bond donors (Lipinski definition) is 1. The molecule has 0 fully saturated rings. The standard InChI is InChI=1S/C18H20O2/c1-4-8-16-13(2)18(20-3)17(19)12-15(16)11-14-9-6-5-7-10-14/h4-7,9-10,12,19H,1,8,11H2,2-3H3. The summed E-state index contributed by atoms with van der Waals surface area (Å²) in [6.07, 6.45) is 3.44. The fourth-order valence-electron chi connectivity index (χ4n) is 2.55. The normalized spacial score (nSPS) is 10.3. The second-order valence-corrected chi connectivity index (χ2v) is 4.85. The highest BCUT2D eigenvalue weighted by Crippen LogP contribution is 2.35. The van der Waals surface area contributed by atoms with Crippen LogP contribution in [-0.2, 0) is 12.8 Å². The van der Waals surface area contributed by atoms with Crippen molar-refractivity contribution in [2.24, 2.45) is 0 Å². The first kappa shape index (κ1) is 14.2. The quantitative estimate of drug-likeness (QED) is 0.830. The molecule has 2 rings (SSSR count). The molecule has 0 aromatic heterocycles. The van der Waals surface area contributed by atoms with E-state index in [4.69, 9.17) is 4.74 Å². The Labute approximate surface area is 120 Å². The van der Waals surface area contributed by atoms with Crippen LogP contribution in [0.5, 0.6) is 11.5 Å². The van der Waals surface area contributed by atoms with E-state index in [1.165, 1.54) is 11.1 Å². The maximum atomic E-state index is 10.1. The first-order valence-corrected chi connectivity index (χ1v) is 6.70. The molecule has 0 saturated heterocycles. The lowest BCUT2D eigenvalue weighted by atomic mass is 9.93. The molecule has 0 spiro atoms. The van der Waals surface area contributed by atoms with Gasteiger partial charge in [-0.15, -0.1) is 6.58 Å². The third-order valence-corrected chi connectivity index (χ3v) is 3.51. The van der Waals surface area contributed by atoms with Crippen LogP contribution in [0.15, 0.2) is 49.1 Å². The fourth-order valence-corrected chi connectivity index (χ4v) is 2.55. The zero-order chi connectivity index (χ0) is 14.5. The molecule has 0 aliphatic heterocycles. The van der Waals surface area contributed by atoms with E-state index < -0.39 is 0 Å². The van der Waals surface area contributed by atoms with Gasteiger partial charge < -0.3 is 9.84 Å². The summed E-state index contributed by atoms with van der Waals surface area (Å²) in [4.78, 5) is 0. The summed E-state index contributed by atoms with van der Waals surface area (Å²) >= 11 is 0. The number of phenolic OH excluding ortho intramolecular Hbond substituents is 1. The average Bonchev–Trinajstić information content (AvgIpc) is 2.44. The van der Waals surface area contributed by atoms with Crippen molar-refractivity contribution in [3.05, 3.63) is 71.3 Å². The Morgan fingerprint density at radius 1 is 1.25 bits per heavy atom. The second kappa shape index (κ2) is 6.29. The smallest absolute Gasteiger partial charge is 0.163 e. The minimum absolute atomic E-state index is 0.198. The molecule has 0 unspecified atom stereocenters. The molecular formula is C18H20O2. The third kappa shape index (κ3) is 2.85. The highest BCUT2D eigenvalue weighted by atomic mass is 16.5. The summed E-state index contributed by atoms with van der Waals surface area (Å²) in [5.41, 5.74) is 4.51. The maximum absolute atomic E-state index is 10.1. The van der Waals surface area contributed by atoms with Gasteiger partial charge in [-0.05, 0) is 48.1 Å². The van der Waals surface area contributed by atoms with Gasteiger partial charge in [0.1, 0.15) is 0 Å². The largest absolute Gasteiger partial charge is 0.504 e. The van der Waals surface area contributed by atoms with E-state index in [1.54, 1.807) is 13.2 Å². The molecule has 0 aliphatic rings. The van der Waals surface area contributed by atoms with Crippen molar-refractivity contribution >= 4 is 0 Å². The molecule has 2 aromatic carbocycles. The van der Waals surface area contributed by atoms with Crippen LogP contribution < -0.4 is 4.74 Å². The van der Waals surface area contributed by atoms with Crippen molar-refractivity contribution < 1.29 is 9.84 Å². The van der Waals surface area contributed by atoms with Crippen LogP contribution in [0.25, 0.3) is 0 Å². The second-order valence-electron chi connectivity index (χ2n) is 4.85. The highest BCUT2D eigenvalue weighted by Gasteiger charge is 2.14. The molecule has 0 amide bonds. The number of hydrogen-bond acceptors (Lipinski definition) is 2. The van der Waals surface area contributed by atoms with E-state index in [1.807, 2.05) is 31.2 Å². The van der Waals surface area contributed by atoms with Crippen LogP contribution in [0.4, 0.5) is 0 Å². The number of benzene rings is 2. The van der Waals surface area contributed by atoms with E-state index in [0.29, 0.717) is 5.75 Å². The van der Waals surface area contributed by atoms with E-state index in [2.05, 4.69) is 18.7 Å². The van der Waals surface area contributed by atoms with Crippen LogP contribution >= 0.6 is 0 Å². The average molecular weight is 268 g/mol. The zero-order valence-corrected chi connectivity index (χ0v) is 12.0. The predicted molar refractivity (Wildman–Crippen MR) is 82.5 cm³/mol. The van der Waals surface area contributed by atoms with Crippen molar-refractivity contribution in [3.8, 4) is 11.5 Å². The van der Waals surface area contributed by atoms with Gasteiger partial charge in [-0.2, -0.15) is 0 Å². The lowest BCUT2D eigenvalue weighted by molar-refractivity contribution is 0.370. The van der Waals surface area contributed by atoms with E-state index in [9.17, 15) is 5.11 Å². The minimum Gasteiger partial charge on any atom is -0.504 e.